The lowest BCUT2D eigenvalue weighted by Gasteiger charge is -2.03. The summed E-state index contributed by atoms with van der Waals surface area (Å²) in [4.78, 5) is 9.83. The normalized spacial score (nSPS) is 11.0. The summed E-state index contributed by atoms with van der Waals surface area (Å²) in [6, 6.07) is 13.5. The van der Waals surface area contributed by atoms with Crippen LogP contribution in [0.2, 0.25) is 10.0 Å². The molecule has 0 spiro atoms. The van der Waals surface area contributed by atoms with E-state index in [9.17, 15) is 0 Å². The minimum absolute atomic E-state index is 0.560. The van der Waals surface area contributed by atoms with E-state index in [1.165, 1.54) is 0 Å². The van der Waals surface area contributed by atoms with Gasteiger partial charge in [0.2, 0.25) is 0 Å². The van der Waals surface area contributed by atoms with Crippen LogP contribution in [0.25, 0.3) is 21.1 Å². The highest BCUT2D eigenvalue weighted by molar-refractivity contribution is 7.98. The maximum absolute atomic E-state index is 6.07. The lowest BCUT2D eigenvalue weighted by molar-refractivity contribution is 0.936. The first kappa shape index (κ1) is 19.3. The van der Waals surface area contributed by atoms with E-state index < -0.39 is 0 Å². The van der Waals surface area contributed by atoms with E-state index in [-0.39, 0.29) is 0 Å². The summed E-state index contributed by atoms with van der Waals surface area (Å²) >= 11 is 15.2. The van der Waals surface area contributed by atoms with Gasteiger partial charge < -0.3 is 0 Å². The largest absolute Gasteiger partial charge is 0.264 e. The van der Waals surface area contributed by atoms with Crippen molar-refractivity contribution >= 4 is 46.3 Å². The molecule has 0 N–H and O–H groups in total. The second-order valence-electron chi connectivity index (χ2n) is 5.97. The predicted octanol–water partition coefficient (Wildman–Crippen LogP) is 6.57. The van der Waals surface area contributed by atoms with Crippen molar-refractivity contribution in [3.63, 3.8) is 0 Å². The minimum Gasteiger partial charge on any atom is -0.264 e. The van der Waals surface area contributed by atoms with Gasteiger partial charge in [-0.15, -0.1) is 21.5 Å². The number of benzene rings is 1. The fourth-order valence-electron chi connectivity index (χ4n) is 2.55. The molecule has 1 aromatic carbocycles. The number of hydrogen-bond acceptors (Lipinski definition) is 6. The summed E-state index contributed by atoms with van der Waals surface area (Å²) in [7, 11) is 0. The van der Waals surface area contributed by atoms with Crippen LogP contribution in [-0.4, -0.2) is 20.2 Å². The fourth-order valence-corrected chi connectivity index (χ4v) is 4.65. The summed E-state index contributed by atoms with van der Waals surface area (Å²) in [5.74, 6) is 0.746. The van der Waals surface area contributed by atoms with Crippen molar-refractivity contribution in [2.24, 2.45) is 0 Å². The zero-order valence-electron chi connectivity index (χ0n) is 14.8. The molecule has 0 unspecified atom stereocenters. The Kier molecular flexibility index (Phi) is 5.92. The molecule has 0 atom stereocenters. The molecule has 0 radical (unpaired) electrons. The molecule has 140 valence electrons. The number of rotatable bonds is 5. The zero-order chi connectivity index (χ0) is 19.5. The average Bonchev–Trinajstić information content (AvgIpc) is 3.12. The van der Waals surface area contributed by atoms with E-state index in [1.54, 1.807) is 35.4 Å². The number of nitrogens with zero attached hydrogens (tertiary/aromatic N) is 4. The number of pyridine rings is 1. The predicted molar refractivity (Wildman–Crippen MR) is 117 cm³/mol. The van der Waals surface area contributed by atoms with Gasteiger partial charge in [-0.3, -0.25) is 4.98 Å². The second kappa shape index (κ2) is 8.57. The van der Waals surface area contributed by atoms with Crippen molar-refractivity contribution in [1.82, 2.24) is 20.2 Å². The van der Waals surface area contributed by atoms with Gasteiger partial charge in [-0.05, 0) is 48.9 Å². The van der Waals surface area contributed by atoms with E-state index in [0.717, 1.165) is 43.2 Å². The molecule has 0 bridgehead atoms. The highest BCUT2D eigenvalue weighted by Crippen LogP contribution is 2.34. The number of thioether (sulfide) groups is 1. The van der Waals surface area contributed by atoms with Gasteiger partial charge >= 0.3 is 0 Å². The highest BCUT2D eigenvalue weighted by atomic mass is 35.5. The molecule has 4 aromatic rings. The molecule has 0 aliphatic carbocycles. The van der Waals surface area contributed by atoms with Gasteiger partial charge in [-0.2, -0.15) is 0 Å². The summed E-state index contributed by atoms with van der Waals surface area (Å²) in [6.07, 6.45) is 3.57. The van der Waals surface area contributed by atoms with Crippen molar-refractivity contribution in [2.45, 2.75) is 17.7 Å². The Balaban J connectivity index is 1.49. The van der Waals surface area contributed by atoms with Crippen LogP contribution in [0.4, 0.5) is 0 Å². The second-order valence-corrected chi connectivity index (χ2v) is 8.78. The van der Waals surface area contributed by atoms with Crippen LogP contribution in [0, 0.1) is 6.92 Å². The Labute approximate surface area is 181 Å². The molecule has 4 rings (SSSR count). The maximum Gasteiger partial charge on any atom is 0.125 e. The molecule has 0 aliphatic rings. The van der Waals surface area contributed by atoms with Crippen LogP contribution in [0.3, 0.4) is 0 Å². The van der Waals surface area contributed by atoms with Crippen LogP contribution >= 0.6 is 46.3 Å². The Morgan fingerprint density at radius 2 is 1.93 bits per heavy atom. The number of aryl methyl sites for hydroxylation is 1. The van der Waals surface area contributed by atoms with Crippen molar-refractivity contribution in [3.8, 4) is 21.1 Å². The van der Waals surface area contributed by atoms with Crippen molar-refractivity contribution in [3.05, 3.63) is 76.2 Å². The van der Waals surface area contributed by atoms with Crippen LogP contribution in [0.1, 0.15) is 11.3 Å². The Morgan fingerprint density at radius 3 is 2.64 bits per heavy atom. The molecular formula is C20H14Cl2N4S2. The molecule has 28 heavy (non-hydrogen) atoms. The Hall–Kier alpha value is -1.99. The van der Waals surface area contributed by atoms with Gasteiger partial charge in [0.25, 0.3) is 0 Å². The van der Waals surface area contributed by atoms with E-state index >= 15 is 0 Å². The highest BCUT2D eigenvalue weighted by Gasteiger charge is 2.13. The summed E-state index contributed by atoms with van der Waals surface area (Å²) < 4.78 is 0. The van der Waals surface area contributed by atoms with Crippen molar-refractivity contribution in [1.29, 1.82) is 0 Å². The van der Waals surface area contributed by atoms with Crippen LogP contribution in [0.5, 0.6) is 0 Å². The van der Waals surface area contributed by atoms with E-state index in [4.69, 9.17) is 23.2 Å². The van der Waals surface area contributed by atoms with Crippen molar-refractivity contribution < 1.29 is 0 Å². The SMILES string of the molecule is Cc1nc(-c2cccnc2)sc1-c1ccc(SCc2ccc(Cl)c(Cl)c2)nn1. The fraction of sp³-hybridized carbons (Fsp3) is 0.100. The van der Waals surface area contributed by atoms with Crippen molar-refractivity contribution in [2.75, 3.05) is 0 Å². The monoisotopic (exact) mass is 444 g/mol. The van der Waals surface area contributed by atoms with Crippen LogP contribution < -0.4 is 0 Å². The third-order valence-corrected chi connectivity index (χ3v) is 6.91. The van der Waals surface area contributed by atoms with Crippen LogP contribution in [-0.2, 0) is 5.75 Å². The molecule has 0 saturated heterocycles. The lowest BCUT2D eigenvalue weighted by Crippen LogP contribution is -1.90. The van der Waals surface area contributed by atoms with E-state index in [0.29, 0.717) is 10.0 Å². The molecule has 3 aromatic heterocycles. The number of halogens is 2. The topological polar surface area (TPSA) is 51.6 Å². The van der Waals surface area contributed by atoms with Gasteiger partial charge in [0, 0.05) is 23.7 Å². The Bertz CT molecular complexity index is 1100. The summed E-state index contributed by atoms with van der Waals surface area (Å²) in [5, 5.41) is 11.7. The number of aromatic nitrogens is 4. The third-order valence-electron chi connectivity index (χ3n) is 3.95. The molecule has 3 heterocycles. The zero-order valence-corrected chi connectivity index (χ0v) is 17.9. The van der Waals surface area contributed by atoms with Crippen LogP contribution in [0.15, 0.2) is 59.9 Å². The van der Waals surface area contributed by atoms with Gasteiger partial charge in [-0.25, -0.2) is 4.98 Å². The van der Waals surface area contributed by atoms with Gasteiger partial charge in [-0.1, -0.05) is 41.0 Å². The quantitative estimate of drug-likeness (QED) is 0.325. The molecular weight excluding hydrogens is 431 g/mol. The lowest BCUT2D eigenvalue weighted by atomic mass is 10.2. The summed E-state index contributed by atoms with van der Waals surface area (Å²) in [6.45, 7) is 1.99. The first-order valence-electron chi connectivity index (χ1n) is 8.39. The first-order valence-corrected chi connectivity index (χ1v) is 10.9. The Morgan fingerprint density at radius 1 is 1.04 bits per heavy atom. The minimum atomic E-state index is 0.560. The van der Waals surface area contributed by atoms with E-state index in [2.05, 4.69) is 20.2 Å². The standard InChI is InChI=1S/C20H14Cl2N4S2/c1-12-19(28-20(24-12)14-3-2-8-23-10-14)17-6-7-18(26-25-17)27-11-13-4-5-15(21)16(22)9-13/h2-10H,11H2,1H3. The number of thiazole rings is 1. The average molecular weight is 445 g/mol. The maximum atomic E-state index is 6.07. The molecule has 0 fully saturated rings. The van der Waals surface area contributed by atoms with E-state index in [1.807, 2.05) is 49.5 Å². The molecule has 4 nitrogen and oxygen atoms in total. The van der Waals surface area contributed by atoms with Gasteiger partial charge in [0.05, 0.1) is 20.6 Å². The molecule has 0 saturated carbocycles. The smallest absolute Gasteiger partial charge is 0.125 e. The van der Waals surface area contributed by atoms with Gasteiger partial charge in [0.1, 0.15) is 15.7 Å². The molecule has 0 aliphatic heterocycles. The molecule has 0 amide bonds. The molecule has 8 heteroatoms. The van der Waals surface area contributed by atoms with Gasteiger partial charge in [0.15, 0.2) is 0 Å². The summed E-state index contributed by atoms with van der Waals surface area (Å²) in [5.41, 5.74) is 3.85. The first-order chi connectivity index (χ1) is 13.6. The number of hydrogen-bond donors (Lipinski definition) is 0. The third kappa shape index (κ3) is 4.36.